The van der Waals surface area contributed by atoms with Crippen molar-refractivity contribution in [2.24, 2.45) is 0 Å². The van der Waals surface area contributed by atoms with Crippen molar-refractivity contribution in [3.05, 3.63) is 66.4 Å². The second-order valence-electron chi connectivity index (χ2n) is 9.95. The van der Waals surface area contributed by atoms with E-state index in [0.29, 0.717) is 62.3 Å². The molecule has 2 N–H and O–H groups in total. The molecule has 0 aliphatic carbocycles. The molecule has 11 heteroatoms. The minimum atomic E-state index is -0.377. The quantitative estimate of drug-likeness (QED) is 0.369. The third kappa shape index (κ3) is 5.86. The first-order chi connectivity index (χ1) is 20.1. The molecule has 0 saturated carbocycles. The minimum Gasteiger partial charge on any atom is -0.378 e. The minimum absolute atomic E-state index is 0.0347. The Morgan fingerprint density at radius 1 is 0.805 bits per heavy atom. The number of fused-ring (bicyclic) bond motifs is 1. The van der Waals surface area contributed by atoms with Crippen LogP contribution in [0, 0.1) is 0 Å². The van der Waals surface area contributed by atoms with E-state index in [1.807, 2.05) is 30.5 Å². The number of ether oxygens (including phenoxy) is 2. The van der Waals surface area contributed by atoms with Gasteiger partial charge in [-0.05, 0) is 61.5 Å². The molecule has 0 atom stereocenters. The van der Waals surface area contributed by atoms with Gasteiger partial charge in [0, 0.05) is 61.4 Å². The van der Waals surface area contributed by atoms with Crippen LogP contribution in [0.2, 0.25) is 0 Å². The lowest BCUT2D eigenvalue weighted by Crippen LogP contribution is -2.40. The van der Waals surface area contributed by atoms with Gasteiger partial charge >= 0.3 is 6.03 Å². The van der Waals surface area contributed by atoms with Gasteiger partial charge in [0.25, 0.3) is 5.91 Å². The number of hydrogen-bond donors (Lipinski definition) is 2. The second kappa shape index (κ2) is 11.9. The van der Waals surface area contributed by atoms with Gasteiger partial charge in [0.1, 0.15) is 11.5 Å². The molecule has 4 aromatic rings. The van der Waals surface area contributed by atoms with Gasteiger partial charge in [-0.25, -0.2) is 14.8 Å². The fraction of sp³-hybridized carbons (Fsp3) is 0.333. The van der Waals surface area contributed by atoms with Crippen molar-refractivity contribution in [1.82, 2.24) is 19.4 Å². The van der Waals surface area contributed by atoms with E-state index in [-0.39, 0.29) is 11.9 Å². The van der Waals surface area contributed by atoms with Crippen molar-refractivity contribution < 1.29 is 19.1 Å². The van der Waals surface area contributed by atoms with Crippen molar-refractivity contribution in [3.8, 4) is 11.4 Å². The van der Waals surface area contributed by atoms with Gasteiger partial charge in [0.05, 0.1) is 31.8 Å². The smallest absolute Gasteiger partial charge is 0.323 e. The number of amides is 3. The molecule has 212 valence electrons. The number of anilines is 3. The van der Waals surface area contributed by atoms with E-state index in [9.17, 15) is 9.59 Å². The summed E-state index contributed by atoms with van der Waals surface area (Å²) in [5.41, 5.74) is 3.57. The summed E-state index contributed by atoms with van der Waals surface area (Å²) in [6.45, 7) is 8.11. The Morgan fingerprint density at radius 2 is 1.41 bits per heavy atom. The lowest BCUT2D eigenvalue weighted by Gasteiger charge is -2.28. The van der Waals surface area contributed by atoms with Gasteiger partial charge in [0.15, 0.2) is 5.82 Å². The molecule has 2 aromatic carbocycles. The fourth-order valence-electron chi connectivity index (χ4n) is 5.09. The van der Waals surface area contributed by atoms with E-state index in [1.54, 1.807) is 29.2 Å². The first kappa shape index (κ1) is 26.7. The average Bonchev–Trinajstić information content (AvgIpc) is 3.45. The van der Waals surface area contributed by atoms with E-state index in [4.69, 9.17) is 19.4 Å². The first-order valence-corrected chi connectivity index (χ1v) is 13.9. The first-order valence-electron chi connectivity index (χ1n) is 13.9. The van der Waals surface area contributed by atoms with Crippen LogP contribution in [-0.4, -0.2) is 84.0 Å². The Labute approximate surface area is 238 Å². The average molecular weight is 556 g/mol. The molecule has 3 amide bonds. The van der Waals surface area contributed by atoms with Crippen molar-refractivity contribution >= 4 is 40.2 Å². The number of hydrogen-bond acceptors (Lipinski definition) is 7. The van der Waals surface area contributed by atoms with Crippen LogP contribution in [0.1, 0.15) is 17.3 Å². The van der Waals surface area contributed by atoms with E-state index >= 15 is 0 Å². The molecule has 0 radical (unpaired) electrons. The van der Waals surface area contributed by atoms with Crippen molar-refractivity contribution in [2.75, 3.05) is 68.1 Å². The van der Waals surface area contributed by atoms with E-state index in [2.05, 4.69) is 33.1 Å². The molecular formula is C30H33N7O4. The molecule has 0 spiro atoms. The number of morpholine rings is 2. The highest BCUT2D eigenvalue weighted by molar-refractivity contribution is 6.00. The Balaban J connectivity index is 1.13. The predicted molar refractivity (Wildman–Crippen MR) is 157 cm³/mol. The number of carbonyl (C=O) groups is 2. The molecule has 0 bridgehead atoms. The number of rotatable bonds is 6. The largest absolute Gasteiger partial charge is 0.378 e. The molecule has 2 aromatic heterocycles. The van der Waals surface area contributed by atoms with Gasteiger partial charge in [-0.1, -0.05) is 0 Å². The van der Waals surface area contributed by atoms with E-state index in [1.165, 1.54) is 0 Å². The molecule has 4 heterocycles. The highest BCUT2D eigenvalue weighted by Gasteiger charge is 2.20. The molecule has 2 aliphatic rings. The van der Waals surface area contributed by atoms with Crippen LogP contribution in [0.15, 0.2) is 60.8 Å². The summed E-state index contributed by atoms with van der Waals surface area (Å²) >= 11 is 0. The zero-order chi connectivity index (χ0) is 28.2. The molecule has 11 nitrogen and oxygen atoms in total. The summed E-state index contributed by atoms with van der Waals surface area (Å²) < 4.78 is 13.0. The predicted octanol–water partition coefficient (Wildman–Crippen LogP) is 4.07. The summed E-state index contributed by atoms with van der Waals surface area (Å²) in [5.74, 6) is 1.52. The van der Waals surface area contributed by atoms with Crippen molar-refractivity contribution in [3.63, 3.8) is 0 Å². The maximum absolute atomic E-state index is 12.7. The summed E-state index contributed by atoms with van der Waals surface area (Å²) in [7, 11) is 0. The van der Waals surface area contributed by atoms with Crippen LogP contribution in [-0.2, 0) is 16.0 Å². The molecule has 6 rings (SSSR count). The Kier molecular flexibility index (Phi) is 7.79. The van der Waals surface area contributed by atoms with Crippen molar-refractivity contribution in [1.29, 1.82) is 0 Å². The van der Waals surface area contributed by atoms with Crippen LogP contribution in [0.25, 0.3) is 22.4 Å². The molecule has 41 heavy (non-hydrogen) atoms. The number of nitrogens with one attached hydrogen (secondary N) is 2. The summed E-state index contributed by atoms with van der Waals surface area (Å²) in [4.78, 5) is 39.2. The number of benzene rings is 2. The molecule has 2 saturated heterocycles. The number of carbonyl (C=O) groups excluding carboxylic acids is 2. The standard InChI is InChI=1S/C30H33N7O4/c1-2-35-12-11-25-27(35)33-26(34-28(25)36-13-17-40-18-14-36)21-3-7-23(8-4-21)31-30(39)32-24-9-5-22(6-10-24)29(38)37-15-19-41-20-16-37/h3-12H,2,13-20H2,1H3,(H2,31,32,39). The lowest BCUT2D eigenvalue weighted by atomic mass is 10.1. The summed E-state index contributed by atoms with van der Waals surface area (Å²) in [6.07, 6.45) is 2.05. The van der Waals surface area contributed by atoms with Crippen LogP contribution in [0.4, 0.5) is 22.0 Å². The Morgan fingerprint density at radius 3 is 2.05 bits per heavy atom. The van der Waals surface area contributed by atoms with E-state index < -0.39 is 0 Å². The van der Waals surface area contributed by atoms with Gasteiger partial charge in [-0.15, -0.1) is 0 Å². The summed E-state index contributed by atoms with van der Waals surface area (Å²) in [5, 5.41) is 6.71. The normalized spacial score (nSPS) is 15.6. The van der Waals surface area contributed by atoms with Crippen molar-refractivity contribution in [2.45, 2.75) is 13.5 Å². The highest BCUT2D eigenvalue weighted by atomic mass is 16.5. The number of urea groups is 1. The maximum Gasteiger partial charge on any atom is 0.323 e. The molecule has 0 unspecified atom stereocenters. The SMILES string of the molecule is CCn1ccc2c(N3CCOCC3)nc(-c3ccc(NC(=O)Nc4ccc(C(=O)N5CCOCC5)cc4)cc3)nc21. The van der Waals surface area contributed by atoms with Crippen LogP contribution < -0.4 is 15.5 Å². The van der Waals surface area contributed by atoms with Gasteiger partial charge in [-0.3, -0.25) is 4.79 Å². The molecule has 2 fully saturated rings. The van der Waals surface area contributed by atoms with Crippen LogP contribution >= 0.6 is 0 Å². The third-order valence-corrected chi connectivity index (χ3v) is 7.34. The van der Waals surface area contributed by atoms with Gasteiger partial charge in [0.2, 0.25) is 0 Å². The van der Waals surface area contributed by atoms with Crippen LogP contribution in [0.5, 0.6) is 0 Å². The van der Waals surface area contributed by atoms with Gasteiger partial charge < -0.3 is 34.5 Å². The topological polar surface area (TPSA) is 114 Å². The number of aryl methyl sites for hydroxylation is 1. The summed E-state index contributed by atoms with van der Waals surface area (Å²) in [6, 6.07) is 16.1. The van der Waals surface area contributed by atoms with E-state index in [0.717, 1.165) is 42.0 Å². The third-order valence-electron chi connectivity index (χ3n) is 7.34. The van der Waals surface area contributed by atoms with Crippen LogP contribution in [0.3, 0.4) is 0 Å². The fourth-order valence-corrected chi connectivity index (χ4v) is 5.09. The molecular weight excluding hydrogens is 522 g/mol. The Hall–Kier alpha value is -4.48. The second-order valence-corrected chi connectivity index (χ2v) is 9.95. The monoisotopic (exact) mass is 555 g/mol. The number of nitrogens with zero attached hydrogens (tertiary/aromatic N) is 5. The zero-order valence-corrected chi connectivity index (χ0v) is 23.0. The maximum atomic E-state index is 12.7. The lowest BCUT2D eigenvalue weighted by molar-refractivity contribution is 0.0303. The number of aromatic nitrogens is 3. The Bertz CT molecular complexity index is 1520. The zero-order valence-electron chi connectivity index (χ0n) is 23.0. The van der Waals surface area contributed by atoms with Gasteiger partial charge in [-0.2, -0.15) is 0 Å². The highest BCUT2D eigenvalue weighted by Crippen LogP contribution is 2.29. The molecule has 2 aliphatic heterocycles.